The third-order valence-electron chi connectivity index (χ3n) is 3.25. The Morgan fingerprint density at radius 3 is 2.83 bits per heavy atom. The highest BCUT2D eigenvalue weighted by atomic mass is 16.1. The number of para-hydroxylation sites is 1. The number of rotatable bonds is 6. The van der Waals surface area contributed by atoms with Crippen LogP contribution in [-0.4, -0.2) is 37.0 Å². The van der Waals surface area contributed by atoms with Gasteiger partial charge in [0.05, 0.1) is 11.3 Å². The maximum Gasteiger partial charge on any atom is 0.253 e. The number of likely N-dealkylation sites (N-methyl/N-ethyl adjacent to an activating group) is 1. The normalized spacial score (nSPS) is 14.6. The van der Waals surface area contributed by atoms with Crippen LogP contribution in [-0.2, 0) is 0 Å². The molecule has 0 bridgehead atoms. The van der Waals surface area contributed by atoms with Gasteiger partial charge in [0, 0.05) is 19.1 Å². The number of benzene rings is 1. The number of hydrogen-bond acceptors (Lipinski definition) is 4. The molecule has 0 aromatic heterocycles. The molecule has 1 aromatic rings. The lowest BCUT2D eigenvalue weighted by Crippen LogP contribution is -2.34. The Kier molecular flexibility index (Phi) is 4.17. The third kappa shape index (κ3) is 3.21. The van der Waals surface area contributed by atoms with Gasteiger partial charge in [-0.15, -0.1) is 0 Å². The van der Waals surface area contributed by atoms with Crippen molar-refractivity contribution in [2.75, 3.05) is 25.6 Å². The average Bonchev–Trinajstić information content (AvgIpc) is 3.22. The van der Waals surface area contributed by atoms with Gasteiger partial charge in [0.2, 0.25) is 0 Å². The average molecular weight is 248 g/mol. The second-order valence-corrected chi connectivity index (χ2v) is 4.66. The largest absolute Gasteiger partial charge is 0.351 e. The van der Waals surface area contributed by atoms with Crippen LogP contribution in [0.5, 0.6) is 0 Å². The van der Waals surface area contributed by atoms with Crippen molar-refractivity contribution in [3.05, 3.63) is 29.8 Å². The summed E-state index contributed by atoms with van der Waals surface area (Å²) in [5.74, 6) is 5.29. The van der Waals surface area contributed by atoms with E-state index in [4.69, 9.17) is 5.84 Å². The van der Waals surface area contributed by atoms with Crippen LogP contribution in [0.2, 0.25) is 0 Å². The van der Waals surface area contributed by atoms with Gasteiger partial charge in [0.15, 0.2) is 0 Å². The lowest BCUT2D eigenvalue weighted by Gasteiger charge is -2.16. The van der Waals surface area contributed by atoms with E-state index in [1.165, 1.54) is 12.8 Å². The molecule has 5 nitrogen and oxygen atoms in total. The highest BCUT2D eigenvalue weighted by Gasteiger charge is 2.25. The fraction of sp³-hybridized carbons (Fsp3) is 0.462. The Morgan fingerprint density at radius 2 is 2.17 bits per heavy atom. The van der Waals surface area contributed by atoms with E-state index in [1.807, 2.05) is 12.1 Å². The zero-order valence-electron chi connectivity index (χ0n) is 10.6. The van der Waals surface area contributed by atoms with E-state index in [0.717, 1.165) is 12.6 Å². The molecule has 0 spiro atoms. The molecule has 98 valence electrons. The van der Waals surface area contributed by atoms with Crippen LogP contribution >= 0.6 is 0 Å². The number of nitrogen functional groups attached to an aromatic ring is 1. The van der Waals surface area contributed by atoms with Crippen molar-refractivity contribution in [1.29, 1.82) is 0 Å². The predicted molar refractivity (Wildman–Crippen MR) is 72.2 cm³/mol. The van der Waals surface area contributed by atoms with E-state index in [9.17, 15) is 4.79 Å². The lowest BCUT2D eigenvalue weighted by molar-refractivity contribution is 0.0950. The molecule has 0 aliphatic heterocycles. The molecule has 0 atom stereocenters. The first-order valence-corrected chi connectivity index (χ1v) is 6.26. The second kappa shape index (κ2) is 5.84. The maximum absolute atomic E-state index is 12.0. The molecular formula is C13H20N4O. The molecule has 5 heteroatoms. The lowest BCUT2D eigenvalue weighted by atomic mass is 10.1. The fourth-order valence-corrected chi connectivity index (χ4v) is 1.95. The van der Waals surface area contributed by atoms with E-state index in [1.54, 1.807) is 12.1 Å². The van der Waals surface area contributed by atoms with Gasteiger partial charge in [0.25, 0.3) is 5.91 Å². The minimum Gasteiger partial charge on any atom is -0.351 e. The number of amides is 1. The first-order valence-electron chi connectivity index (χ1n) is 6.26. The molecule has 0 heterocycles. The van der Waals surface area contributed by atoms with E-state index in [2.05, 4.69) is 22.7 Å². The van der Waals surface area contributed by atoms with Crippen LogP contribution in [0.15, 0.2) is 24.3 Å². The molecule has 1 amide bonds. The number of nitrogens with one attached hydrogen (secondary N) is 2. The number of nitrogens with two attached hydrogens (primary N) is 1. The zero-order valence-corrected chi connectivity index (χ0v) is 10.6. The quantitative estimate of drug-likeness (QED) is 0.514. The molecule has 1 aromatic carbocycles. The number of nitrogens with zero attached hydrogens (tertiary/aromatic N) is 1. The maximum atomic E-state index is 12.0. The van der Waals surface area contributed by atoms with E-state index in [0.29, 0.717) is 17.8 Å². The van der Waals surface area contributed by atoms with Crippen LogP contribution in [0.25, 0.3) is 0 Å². The molecular weight excluding hydrogens is 228 g/mol. The number of carbonyl (C=O) groups excluding carboxylic acids is 1. The highest BCUT2D eigenvalue weighted by Crippen LogP contribution is 2.24. The number of hydrogen-bond donors (Lipinski definition) is 3. The SMILES string of the molecule is CN(CCNC(=O)c1ccccc1NN)C1CC1. The standard InChI is InChI=1S/C13H20N4O/c1-17(10-6-7-10)9-8-15-13(18)11-4-2-3-5-12(11)16-14/h2-5,10,16H,6-9,14H2,1H3,(H,15,18). The van der Waals surface area contributed by atoms with Crippen LogP contribution in [0.3, 0.4) is 0 Å². The van der Waals surface area contributed by atoms with Crippen molar-refractivity contribution in [3.8, 4) is 0 Å². The molecule has 0 unspecified atom stereocenters. The number of hydrazine groups is 1. The molecule has 18 heavy (non-hydrogen) atoms. The van der Waals surface area contributed by atoms with Crippen LogP contribution < -0.4 is 16.6 Å². The van der Waals surface area contributed by atoms with Crippen molar-refractivity contribution in [3.63, 3.8) is 0 Å². The van der Waals surface area contributed by atoms with Crippen molar-refractivity contribution >= 4 is 11.6 Å². The Morgan fingerprint density at radius 1 is 1.44 bits per heavy atom. The molecule has 4 N–H and O–H groups in total. The second-order valence-electron chi connectivity index (χ2n) is 4.66. The first-order chi connectivity index (χ1) is 8.72. The van der Waals surface area contributed by atoms with Gasteiger partial charge in [-0.1, -0.05) is 12.1 Å². The Hall–Kier alpha value is -1.59. The molecule has 1 saturated carbocycles. The molecule has 0 saturated heterocycles. The Bertz CT molecular complexity index is 417. The van der Waals surface area contributed by atoms with Gasteiger partial charge in [0.1, 0.15) is 0 Å². The Balaban J connectivity index is 1.83. The van der Waals surface area contributed by atoms with Gasteiger partial charge in [-0.05, 0) is 32.0 Å². The van der Waals surface area contributed by atoms with E-state index < -0.39 is 0 Å². The van der Waals surface area contributed by atoms with Gasteiger partial charge in [-0.25, -0.2) is 0 Å². The zero-order chi connectivity index (χ0) is 13.0. The van der Waals surface area contributed by atoms with Gasteiger partial charge < -0.3 is 15.6 Å². The minimum absolute atomic E-state index is 0.0900. The third-order valence-corrected chi connectivity index (χ3v) is 3.25. The van der Waals surface area contributed by atoms with E-state index >= 15 is 0 Å². The van der Waals surface area contributed by atoms with E-state index in [-0.39, 0.29) is 5.91 Å². The predicted octanol–water partition coefficient (Wildman–Crippen LogP) is 0.796. The summed E-state index contributed by atoms with van der Waals surface area (Å²) in [7, 11) is 2.10. The highest BCUT2D eigenvalue weighted by molar-refractivity contribution is 5.99. The molecule has 1 fully saturated rings. The van der Waals surface area contributed by atoms with Crippen molar-refractivity contribution in [2.45, 2.75) is 18.9 Å². The summed E-state index contributed by atoms with van der Waals surface area (Å²) < 4.78 is 0. The summed E-state index contributed by atoms with van der Waals surface area (Å²) >= 11 is 0. The first kappa shape index (κ1) is 12.9. The fourth-order valence-electron chi connectivity index (χ4n) is 1.95. The molecule has 1 aliphatic carbocycles. The topological polar surface area (TPSA) is 70.4 Å². The minimum atomic E-state index is -0.0900. The van der Waals surface area contributed by atoms with Gasteiger partial charge in [-0.3, -0.25) is 10.6 Å². The summed E-state index contributed by atoms with van der Waals surface area (Å²) in [6.07, 6.45) is 2.56. The monoisotopic (exact) mass is 248 g/mol. The van der Waals surface area contributed by atoms with Crippen LogP contribution in [0, 0.1) is 0 Å². The van der Waals surface area contributed by atoms with Crippen LogP contribution in [0.4, 0.5) is 5.69 Å². The number of anilines is 1. The molecule has 1 aliphatic rings. The Labute approximate surface area is 107 Å². The smallest absolute Gasteiger partial charge is 0.253 e. The number of carbonyl (C=O) groups is 1. The summed E-state index contributed by atoms with van der Waals surface area (Å²) in [5.41, 5.74) is 3.75. The summed E-state index contributed by atoms with van der Waals surface area (Å²) in [4.78, 5) is 14.3. The van der Waals surface area contributed by atoms with Crippen LogP contribution in [0.1, 0.15) is 23.2 Å². The van der Waals surface area contributed by atoms with Gasteiger partial charge in [-0.2, -0.15) is 0 Å². The molecule has 0 radical (unpaired) electrons. The molecule has 2 rings (SSSR count). The van der Waals surface area contributed by atoms with Crippen molar-refractivity contribution in [2.24, 2.45) is 5.84 Å². The van der Waals surface area contributed by atoms with Crippen molar-refractivity contribution in [1.82, 2.24) is 10.2 Å². The summed E-state index contributed by atoms with van der Waals surface area (Å²) in [6.45, 7) is 1.54. The summed E-state index contributed by atoms with van der Waals surface area (Å²) in [6, 6.07) is 7.93. The summed E-state index contributed by atoms with van der Waals surface area (Å²) in [5, 5.41) is 2.91. The van der Waals surface area contributed by atoms with Gasteiger partial charge >= 0.3 is 0 Å². The van der Waals surface area contributed by atoms with Crippen molar-refractivity contribution < 1.29 is 4.79 Å².